The number of nitrogens with one attached hydrogen (secondary N) is 2. The maximum atomic E-state index is 12.6. The largest absolute Gasteiger partial charge is 0.375 e. The standard InChI is InChI=1S/C18H18N2O5S/c1-11-6-7-15-14(8-11)18(23,17(22)19-15)10-16(21)12-4-3-5-13(9-12)20-26(2,24)25/h3-9,20,23H,10H2,1-2H3,(H,19,22)/t18-/m0/s1. The molecule has 8 heteroatoms. The molecule has 0 radical (unpaired) electrons. The first-order chi connectivity index (χ1) is 12.1. The number of carbonyl (C=O) groups excluding carboxylic acids is 2. The highest BCUT2D eigenvalue weighted by atomic mass is 32.2. The van der Waals surface area contributed by atoms with Gasteiger partial charge in [-0.05, 0) is 25.1 Å². The first-order valence-electron chi connectivity index (χ1n) is 7.84. The van der Waals surface area contributed by atoms with E-state index in [2.05, 4.69) is 10.0 Å². The zero-order valence-electron chi connectivity index (χ0n) is 14.2. The van der Waals surface area contributed by atoms with Gasteiger partial charge in [-0.2, -0.15) is 0 Å². The van der Waals surface area contributed by atoms with Crippen molar-refractivity contribution in [1.82, 2.24) is 0 Å². The molecule has 1 aliphatic heterocycles. The molecule has 1 aliphatic rings. The van der Waals surface area contributed by atoms with Gasteiger partial charge in [0.2, 0.25) is 10.0 Å². The molecule has 0 spiro atoms. The fourth-order valence-electron chi connectivity index (χ4n) is 2.94. The Morgan fingerprint density at radius 1 is 1.23 bits per heavy atom. The molecule has 0 aliphatic carbocycles. The zero-order valence-corrected chi connectivity index (χ0v) is 15.1. The number of amides is 1. The second-order valence-electron chi connectivity index (χ2n) is 6.42. The van der Waals surface area contributed by atoms with Crippen molar-refractivity contribution in [3.8, 4) is 0 Å². The predicted octanol–water partition coefficient (Wildman–Crippen LogP) is 1.78. The Morgan fingerprint density at radius 2 is 1.96 bits per heavy atom. The van der Waals surface area contributed by atoms with Crippen LogP contribution in [0.5, 0.6) is 0 Å². The maximum Gasteiger partial charge on any atom is 0.261 e. The van der Waals surface area contributed by atoms with E-state index in [1.54, 1.807) is 18.2 Å². The average molecular weight is 374 g/mol. The second-order valence-corrected chi connectivity index (χ2v) is 8.17. The Balaban J connectivity index is 1.90. The molecule has 0 bridgehead atoms. The van der Waals surface area contributed by atoms with Crippen LogP contribution in [0, 0.1) is 6.92 Å². The number of carbonyl (C=O) groups is 2. The Kier molecular flexibility index (Phi) is 4.33. The minimum absolute atomic E-state index is 0.195. The lowest BCUT2D eigenvalue weighted by molar-refractivity contribution is -0.133. The number of benzene rings is 2. The molecule has 3 rings (SSSR count). The zero-order chi connectivity index (χ0) is 19.1. The van der Waals surface area contributed by atoms with E-state index >= 15 is 0 Å². The van der Waals surface area contributed by atoms with Crippen LogP contribution in [0.1, 0.15) is 27.9 Å². The molecule has 2 aromatic carbocycles. The monoisotopic (exact) mass is 374 g/mol. The normalized spacial score (nSPS) is 19.0. The summed E-state index contributed by atoms with van der Waals surface area (Å²) in [5.41, 5.74) is 0.159. The summed E-state index contributed by atoms with van der Waals surface area (Å²) in [5.74, 6) is -1.13. The van der Waals surface area contributed by atoms with Crippen molar-refractivity contribution < 1.29 is 23.1 Å². The van der Waals surface area contributed by atoms with Crippen LogP contribution in [0.3, 0.4) is 0 Å². The molecule has 1 atom stereocenters. The minimum Gasteiger partial charge on any atom is -0.375 e. The van der Waals surface area contributed by atoms with Crippen molar-refractivity contribution in [1.29, 1.82) is 0 Å². The van der Waals surface area contributed by atoms with E-state index in [1.807, 2.05) is 6.92 Å². The summed E-state index contributed by atoms with van der Waals surface area (Å²) in [4.78, 5) is 24.9. The molecule has 1 heterocycles. The maximum absolute atomic E-state index is 12.6. The third-order valence-electron chi connectivity index (χ3n) is 4.15. The SMILES string of the molecule is Cc1ccc2c(c1)[C@@](O)(CC(=O)c1cccc(NS(C)(=O)=O)c1)C(=O)N2. The van der Waals surface area contributed by atoms with Crippen LogP contribution in [0.4, 0.5) is 11.4 Å². The highest BCUT2D eigenvalue weighted by Gasteiger charge is 2.46. The van der Waals surface area contributed by atoms with Gasteiger partial charge in [0, 0.05) is 22.5 Å². The van der Waals surface area contributed by atoms with E-state index in [4.69, 9.17) is 0 Å². The third kappa shape index (κ3) is 3.47. The van der Waals surface area contributed by atoms with E-state index in [0.717, 1.165) is 11.8 Å². The lowest BCUT2D eigenvalue weighted by Crippen LogP contribution is -2.36. The molecule has 0 aromatic heterocycles. The molecule has 0 saturated heterocycles. The number of hydrogen-bond acceptors (Lipinski definition) is 5. The van der Waals surface area contributed by atoms with Crippen LogP contribution in [-0.2, 0) is 20.4 Å². The lowest BCUT2D eigenvalue weighted by atomic mass is 9.87. The van der Waals surface area contributed by atoms with Crippen molar-refractivity contribution in [3.05, 3.63) is 59.2 Å². The Bertz CT molecular complexity index is 1020. The fraction of sp³-hybridized carbons (Fsp3) is 0.222. The number of anilines is 2. The summed E-state index contributed by atoms with van der Waals surface area (Å²) < 4.78 is 25.0. The van der Waals surface area contributed by atoms with Crippen molar-refractivity contribution >= 4 is 33.1 Å². The number of hydrogen-bond donors (Lipinski definition) is 3. The molecule has 136 valence electrons. The van der Waals surface area contributed by atoms with Gasteiger partial charge in [0.25, 0.3) is 5.91 Å². The van der Waals surface area contributed by atoms with Crippen LogP contribution in [0.15, 0.2) is 42.5 Å². The van der Waals surface area contributed by atoms with E-state index in [0.29, 0.717) is 11.3 Å². The van der Waals surface area contributed by atoms with E-state index in [1.165, 1.54) is 24.3 Å². The first kappa shape index (κ1) is 18.1. The Morgan fingerprint density at radius 3 is 2.65 bits per heavy atom. The average Bonchev–Trinajstić information content (AvgIpc) is 2.77. The van der Waals surface area contributed by atoms with Gasteiger partial charge in [0.15, 0.2) is 11.4 Å². The van der Waals surface area contributed by atoms with Gasteiger partial charge in [-0.1, -0.05) is 29.8 Å². The van der Waals surface area contributed by atoms with Crippen molar-refractivity contribution in [2.24, 2.45) is 0 Å². The topological polar surface area (TPSA) is 113 Å². The van der Waals surface area contributed by atoms with Gasteiger partial charge in [0.1, 0.15) is 0 Å². The summed E-state index contributed by atoms with van der Waals surface area (Å²) in [6.45, 7) is 1.83. The molecule has 3 N–H and O–H groups in total. The number of ketones is 1. The Labute approximate surface area is 151 Å². The van der Waals surface area contributed by atoms with Gasteiger partial charge in [-0.25, -0.2) is 8.42 Å². The summed E-state index contributed by atoms with van der Waals surface area (Å²) in [6, 6.07) is 11.1. The van der Waals surface area contributed by atoms with E-state index in [9.17, 15) is 23.1 Å². The predicted molar refractivity (Wildman–Crippen MR) is 97.6 cm³/mol. The number of aliphatic hydroxyl groups is 1. The van der Waals surface area contributed by atoms with Crippen molar-refractivity contribution in [2.75, 3.05) is 16.3 Å². The molecule has 0 saturated carbocycles. The molecule has 0 unspecified atom stereocenters. The number of Topliss-reactive ketones (excluding diaryl/α,β-unsaturated/α-hetero) is 1. The quantitative estimate of drug-likeness (QED) is 0.691. The van der Waals surface area contributed by atoms with Gasteiger partial charge in [-0.15, -0.1) is 0 Å². The molecular weight excluding hydrogens is 356 g/mol. The van der Waals surface area contributed by atoms with Crippen LogP contribution in [-0.4, -0.2) is 31.5 Å². The third-order valence-corrected chi connectivity index (χ3v) is 4.76. The number of rotatable bonds is 5. The van der Waals surface area contributed by atoms with Gasteiger partial charge in [0.05, 0.1) is 12.7 Å². The van der Waals surface area contributed by atoms with Crippen LogP contribution in [0.25, 0.3) is 0 Å². The molecule has 26 heavy (non-hydrogen) atoms. The number of sulfonamides is 1. The van der Waals surface area contributed by atoms with Crippen LogP contribution in [0.2, 0.25) is 0 Å². The molecule has 1 amide bonds. The van der Waals surface area contributed by atoms with Crippen molar-refractivity contribution in [3.63, 3.8) is 0 Å². The van der Waals surface area contributed by atoms with Crippen LogP contribution < -0.4 is 10.0 Å². The number of aryl methyl sites for hydroxylation is 1. The van der Waals surface area contributed by atoms with Crippen molar-refractivity contribution in [2.45, 2.75) is 18.9 Å². The minimum atomic E-state index is -3.48. The summed E-state index contributed by atoms with van der Waals surface area (Å²) in [5, 5.41) is 13.5. The highest BCUT2D eigenvalue weighted by molar-refractivity contribution is 7.92. The van der Waals surface area contributed by atoms with E-state index < -0.39 is 33.7 Å². The summed E-state index contributed by atoms with van der Waals surface area (Å²) in [7, 11) is -3.48. The fourth-order valence-corrected chi connectivity index (χ4v) is 3.49. The first-order valence-corrected chi connectivity index (χ1v) is 9.74. The number of fused-ring (bicyclic) bond motifs is 1. The molecule has 0 fully saturated rings. The summed E-state index contributed by atoms with van der Waals surface area (Å²) >= 11 is 0. The lowest BCUT2D eigenvalue weighted by Gasteiger charge is -2.20. The van der Waals surface area contributed by atoms with Crippen LogP contribution >= 0.6 is 0 Å². The smallest absolute Gasteiger partial charge is 0.261 e. The summed E-state index contributed by atoms with van der Waals surface area (Å²) in [6.07, 6.45) is 0.559. The molecule has 2 aromatic rings. The highest BCUT2D eigenvalue weighted by Crippen LogP contribution is 2.39. The Hall–Kier alpha value is -2.71. The van der Waals surface area contributed by atoms with Gasteiger partial charge < -0.3 is 10.4 Å². The molecule has 7 nitrogen and oxygen atoms in total. The van der Waals surface area contributed by atoms with Gasteiger partial charge in [-0.3, -0.25) is 14.3 Å². The van der Waals surface area contributed by atoms with E-state index in [-0.39, 0.29) is 11.3 Å². The second kappa shape index (κ2) is 6.22. The van der Waals surface area contributed by atoms with Gasteiger partial charge >= 0.3 is 0 Å². The molecular formula is C18H18N2O5S.